The Balaban J connectivity index is 1.93. The number of nitroso groups, excluding NO2 is 1. The van der Waals surface area contributed by atoms with Crippen molar-refractivity contribution in [1.29, 1.82) is 0 Å². The van der Waals surface area contributed by atoms with Gasteiger partial charge in [0.1, 0.15) is 17.2 Å². The summed E-state index contributed by atoms with van der Waals surface area (Å²) in [6, 6.07) is 8.54. The fourth-order valence-corrected chi connectivity index (χ4v) is 3.49. The first-order valence-corrected chi connectivity index (χ1v) is 10.1. The van der Waals surface area contributed by atoms with Crippen molar-refractivity contribution in [2.24, 2.45) is 10.6 Å². The second-order valence-electron chi connectivity index (χ2n) is 7.85. The van der Waals surface area contributed by atoms with Crippen molar-refractivity contribution in [2.45, 2.75) is 33.7 Å². The quantitative estimate of drug-likeness (QED) is 0.445. The highest BCUT2D eigenvalue weighted by atomic mass is 32.1. The van der Waals surface area contributed by atoms with Gasteiger partial charge in [-0.15, -0.1) is 4.91 Å². The van der Waals surface area contributed by atoms with Crippen LogP contribution in [0.4, 0.5) is 23.0 Å². The molecule has 0 aliphatic heterocycles. The van der Waals surface area contributed by atoms with Gasteiger partial charge in [-0.05, 0) is 41.8 Å². The molecule has 3 aromatic rings. The van der Waals surface area contributed by atoms with Gasteiger partial charge >= 0.3 is 0 Å². The SMILES string of the molecule is CNC(=O)c1cccc(Nc2nsnc2N[C@@H](c2ccc(C)o2)C(C)(C)C)c1N=O. The number of hydrogen-bond donors (Lipinski definition) is 3. The maximum absolute atomic E-state index is 12.0. The molecular formula is C20H24N6O3S. The summed E-state index contributed by atoms with van der Waals surface area (Å²) in [5.41, 5.74) is 0.362. The summed E-state index contributed by atoms with van der Waals surface area (Å²) in [7, 11) is 1.49. The molecule has 0 saturated carbocycles. The van der Waals surface area contributed by atoms with E-state index in [1.807, 2.05) is 19.1 Å². The van der Waals surface area contributed by atoms with Crippen LogP contribution in [-0.4, -0.2) is 21.7 Å². The molecule has 9 nitrogen and oxygen atoms in total. The Morgan fingerprint density at radius 1 is 1.17 bits per heavy atom. The maximum Gasteiger partial charge on any atom is 0.253 e. The molecule has 158 valence electrons. The van der Waals surface area contributed by atoms with Crippen LogP contribution < -0.4 is 16.0 Å². The molecule has 2 heterocycles. The monoisotopic (exact) mass is 428 g/mol. The molecule has 0 radical (unpaired) electrons. The molecule has 0 unspecified atom stereocenters. The van der Waals surface area contributed by atoms with Gasteiger partial charge in [-0.3, -0.25) is 4.79 Å². The fourth-order valence-electron chi connectivity index (χ4n) is 3.01. The number of amides is 1. The number of anilines is 3. The average molecular weight is 429 g/mol. The molecule has 1 aromatic carbocycles. The first-order chi connectivity index (χ1) is 14.2. The predicted octanol–water partition coefficient (Wildman–Crippen LogP) is 5.14. The van der Waals surface area contributed by atoms with Gasteiger partial charge in [0.2, 0.25) is 0 Å². The Labute approximate surface area is 178 Å². The molecule has 1 amide bonds. The zero-order valence-electron chi connectivity index (χ0n) is 17.4. The minimum atomic E-state index is -0.399. The minimum Gasteiger partial charge on any atom is -0.464 e. The Bertz CT molecular complexity index is 1050. The van der Waals surface area contributed by atoms with Gasteiger partial charge in [0.25, 0.3) is 5.91 Å². The van der Waals surface area contributed by atoms with Crippen molar-refractivity contribution in [1.82, 2.24) is 14.1 Å². The summed E-state index contributed by atoms with van der Waals surface area (Å²) in [6.45, 7) is 8.18. The highest BCUT2D eigenvalue weighted by molar-refractivity contribution is 6.99. The van der Waals surface area contributed by atoms with E-state index in [2.05, 4.69) is 50.6 Å². The summed E-state index contributed by atoms with van der Waals surface area (Å²) in [5, 5.41) is 12.0. The number of hydrogen-bond acceptors (Lipinski definition) is 9. The van der Waals surface area contributed by atoms with E-state index in [4.69, 9.17) is 4.42 Å². The molecule has 0 saturated heterocycles. The summed E-state index contributed by atoms with van der Waals surface area (Å²) >= 11 is 1.02. The lowest BCUT2D eigenvalue weighted by Gasteiger charge is -2.30. The van der Waals surface area contributed by atoms with E-state index in [0.29, 0.717) is 17.3 Å². The molecule has 2 aromatic heterocycles. The van der Waals surface area contributed by atoms with Gasteiger partial charge in [0, 0.05) is 7.05 Å². The van der Waals surface area contributed by atoms with Crippen molar-refractivity contribution >= 4 is 40.6 Å². The number of rotatable bonds is 7. The number of carbonyl (C=O) groups is 1. The van der Waals surface area contributed by atoms with E-state index >= 15 is 0 Å². The third kappa shape index (κ3) is 4.48. The van der Waals surface area contributed by atoms with Crippen molar-refractivity contribution in [2.75, 3.05) is 17.7 Å². The molecule has 0 fully saturated rings. The van der Waals surface area contributed by atoms with Crippen molar-refractivity contribution in [3.63, 3.8) is 0 Å². The molecule has 10 heteroatoms. The van der Waals surface area contributed by atoms with Crippen molar-refractivity contribution in [3.8, 4) is 0 Å². The molecule has 3 rings (SSSR count). The zero-order valence-corrected chi connectivity index (χ0v) is 18.3. The number of benzene rings is 1. The van der Waals surface area contributed by atoms with Crippen LogP contribution in [0.3, 0.4) is 0 Å². The first kappa shape index (κ1) is 21.4. The normalized spacial score (nSPS) is 12.3. The molecule has 30 heavy (non-hydrogen) atoms. The Hall–Kier alpha value is -3.27. The largest absolute Gasteiger partial charge is 0.464 e. The smallest absolute Gasteiger partial charge is 0.253 e. The van der Waals surface area contributed by atoms with Gasteiger partial charge in [0.05, 0.1) is 29.0 Å². The number of nitrogens with one attached hydrogen (secondary N) is 3. The van der Waals surface area contributed by atoms with Gasteiger partial charge in [-0.1, -0.05) is 26.8 Å². The second-order valence-corrected chi connectivity index (χ2v) is 8.38. The standard InChI is InChI=1S/C20H24N6O3S/c1-11-9-10-14(29-11)16(20(2,3)4)23-18-17(25-30-26-18)22-13-8-6-7-12(15(13)24-28)19(27)21-5/h6-10,16H,1-5H3,(H,21,27)(H,22,25)(H,23,26)/t16-/m0/s1. The summed E-state index contributed by atoms with van der Waals surface area (Å²) in [6.07, 6.45) is 0. The van der Waals surface area contributed by atoms with E-state index in [0.717, 1.165) is 23.2 Å². The Morgan fingerprint density at radius 2 is 1.90 bits per heavy atom. The fraction of sp³-hybridized carbons (Fsp3) is 0.350. The van der Waals surface area contributed by atoms with Crippen LogP contribution in [0.15, 0.2) is 39.9 Å². The summed E-state index contributed by atoms with van der Waals surface area (Å²) in [5.74, 6) is 2.15. The topological polar surface area (TPSA) is 122 Å². The Kier molecular flexibility index (Phi) is 6.16. The van der Waals surface area contributed by atoms with Crippen LogP contribution in [0.1, 0.15) is 48.7 Å². The van der Waals surface area contributed by atoms with Crippen molar-refractivity contribution in [3.05, 3.63) is 52.3 Å². The van der Waals surface area contributed by atoms with Gasteiger partial charge < -0.3 is 20.4 Å². The van der Waals surface area contributed by atoms with E-state index < -0.39 is 5.91 Å². The van der Waals surface area contributed by atoms with Gasteiger partial charge in [0.15, 0.2) is 11.6 Å². The highest BCUT2D eigenvalue weighted by Gasteiger charge is 2.30. The van der Waals surface area contributed by atoms with E-state index in [9.17, 15) is 9.70 Å². The molecule has 1 atom stereocenters. The van der Waals surface area contributed by atoms with E-state index in [1.54, 1.807) is 12.1 Å². The number of carbonyl (C=O) groups excluding carboxylic acids is 1. The number of furan rings is 1. The van der Waals surface area contributed by atoms with Crippen LogP contribution >= 0.6 is 11.7 Å². The lowest BCUT2D eigenvalue weighted by Crippen LogP contribution is -2.25. The molecule has 0 aliphatic rings. The molecule has 0 aliphatic carbocycles. The summed E-state index contributed by atoms with van der Waals surface area (Å²) < 4.78 is 14.5. The van der Waals surface area contributed by atoms with Crippen LogP contribution in [-0.2, 0) is 0 Å². The predicted molar refractivity (Wildman–Crippen MR) is 118 cm³/mol. The van der Waals surface area contributed by atoms with Crippen LogP contribution in [0.25, 0.3) is 0 Å². The minimum absolute atomic E-state index is 0.00447. The first-order valence-electron chi connectivity index (χ1n) is 9.35. The van der Waals surface area contributed by atoms with Crippen LogP contribution in [0.2, 0.25) is 0 Å². The molecule has 0 bridgehead atoms. The maximum atomic E-state index is 12.0. The van der Waals surface area contributed by atoms with Crippen molar-refractivity contribution < 1.29 is 9.21 Å². The zero-order chi connectivity index (χ0) is 21.9. The Morgan fingerprint density at radius 3 is 2.50 bits per heavy atom. The highest BCUT2D eigenvalue weighted by Crippen LogP contribution is 2.39. The van der Waals surface area contributed by atoms with Crippen LogP contribution in [0, 0.1) is 17.2 Å². The average Bonchev–Trinajstić information content (AvgIpc) is 3.32. The van der Waals surface area contributed by atoms with E-state index in [-0.39, 0.29) is 22.7 Å². The molecule has 0 spiro atoms. The van der Waals surface area contributed by atoms with Gasteiger partial charge in [-0.2, -0.15) is 8.75 Å². The number of aryl methyl sites for hydroxylation is 1. The molecule has 3 N–H and O–H groups in total. The van der Waals surface area contributed by atoms with Gasteiger partial charge in [-0.25, -0.2) is 0 Å². The lowest BCUT2D eigenvalue weighted by molar-refractivity contribution is 0.0964. The third-order valence-electron chi connectivity index (χ3n) is 4.53. The number of aromatic nitrogens is 2. The van der Waals surface area contributed by atoms with Crippen LogP contribution in [0.5, 0.6) is 0 Å². The summed E-state index contributed by atoms with van der Waals surface area (Å²) in [4.78, 5) is 23.5. The third-order valence-corrected chi connectivity index (χ3v) is 5.06. The molecular weight excluding hydrogens is 404 g/mol. The lowest BCUT2D eigenvalue weighted by atomic mass is 9.85. The number of nitrogens with zero attached hydrogens (tertiary/aromatic N) is 3. The second kappa shape index (κ2) is 8.62. The van der Waals surface area contributed by atoms with E-state index in [1.165, 1.54) is 13.1 Å².